The number of carbonyl (C=O) groups excluding carboxylic acids is 3. The highest BCUT2D eigenvalue weighted by Gasteiger charge is 2.35. The summed E-state index contributed by atoms with van der Waals surface area (Å²) in [5.74, 6) is -1.02. The molecule has 1 aromatic carbocycles. The molecule has 1 atom stereocenters. The molecule has 196 valence electrons. The third kappa shape index (κ3) is 5.95. The summed E-state index contributed by atoms with van der Waals surface area (Å²) in [6.45, 7) is 2.56. The molecule has 0 spiro atoms. The Hall–Kier alpha value is -3.40. The summed E-state index contributed by atoms with van der Waals surface area (Å²) in [4.78, 5) is 54.7. The average molecular weight is 525 g/mol. The third-order valence-corrected chi connectivity index (χ3v) is 8.41. The number of aliphatic carboxylic acids is 1. The standard InChI is InChI=1S/C27H32N4O5S/c32-24(33)16-21(23-5-2-14-37-23)29-26(35)19-8-9-22(20(15-19)28-25(34)17-3-1-4-17)30-10-12-31(13-11-30)27(36)18-6-7-18/h2,5,8-9,14-15,17-18,21H,1,3-4,6-7,10-13,16H2,(H,28,34)(H,29,35)(H,32,33). The van der Waals surface area contributed by atoms with Crippen molar-refractivity contribution in [2.75, 3.05) is 36.4 Å². The molecule has 37 heavy (non-hydrogen) atoms. The summed E-state index contributed by atoms with van der Waals surface area (Å²) in [6.07, 6.45) is 4.51. The molecular formula is C27H32N4O5S. The Morgan fingerprint density at radius 1 is 1.00 bits per heavy atom. The summed E-state index contributed by atoms with van der Waals surface area (Å²) < 4.78 is 0. The number of carboxylic acid groups (broad SMARTS) is 1. The van der Waals surface area contributed by atoms with Gasteiger partial charge in [0.1, 0.15) is 0 Å². The SMILES string of the molecule is O=C(O)CC(NC(=O)c1ccc(N2CCN(C(=O)C3CC3)CC2)c(NC(=O)C2CCC2)c1)c1cccs1. The van der Waals surface area contributed by atoms with E-state index in [9.17, 15) is 24.3 Å². The molecule has 1 unspecified atom stereocenters. The molecular weight excluding hydrogens is 492 g/mol. The highest BCUT2D eigenvalue weighted by Crippen LogP contribution is 2.34. The van der Waals surface area contributed by atoms with E-state index in [-0.39, 0.29) is 30.1 Å². The predicted octanol–water partition coefficient (Wildman–Crippen LogP) is 3.49. The van der Waals surface area contributed by atoms with Crippen molar-refractivity contribution >= 4 is 46.4 Å². The Morgan fingerprint density at radius 2 is 1.76 bits per heavy atom. The topological polar surface area (TPSA) is 119 Å². The number of hydrogen-bond acceptors (Lipinski definition) is 6. The molecule has 2 heterocycles. The smallest absolute Gasteiger partial charge is 0.305 e. The van der Waals surface area contributed by atoms with Crippen molar-refractivity contribution in [2.24, 2.45) is 11.8 Å². The van der Waals surface area contributed by atoms with E-state index in [0.29, 0.717) is 37.4 Å². The molecule has 1 saturated heterocycles. The van der Waals surface area contributed by atoms with Crippen LogP contribution in [0.2, 0.25) is 0 Å². The number of hydrogen-bond donors (Lipinski definition) is 3. The second kappa shape index (κ2) is 10.9. The lowest BCUT2D eigenvalue weighted by atomic mass is 9.85. The van der Waals surface area contributed by atoms with Crippen LogP contribution in [0.15, 0.2) is 35.7 Å². The van der Waals surface area contributed by atoms with E-state index >= 15 is 0 Å². The molecule has 0 radical (unpaired) electrons. The molecule has 10 heteroatoms. The van der Waals surface area contributed by atoms with Gasteiger partial charge in [-0.05, 0) is 55.3 Å². The summed E-state index contributed by atoms with van der Waals surface area (Å²) >= 11 is 1.39. The second-order valence-corrected chi connectivity index (χ2v) is 11.1. The molecule has 1 aromatic heterocycles. The molecule has 2 aliphatic carbocycles. The lowest BCUT2D eigenvalue weighted by Crippen LogP contribution is -2.49. The van der Waals surface area contributed by atoms with E-state index in [4.69, 9.17) is 0 Å². The fraction of sp³-hybridized carbons (Fsp3) is 0.481. The first-order chi connectivity index (χ1) is 17.9. The fourth-order valence-electron chi connectivity index (χ4n) is 4.84. The minimum atomic E-state index is -0.998. The minimum Gasteiger partial charge on any atom is -0.481 e. The number of amides is 3. The number of thiophene rings is 1. The largest absolute Gasteiger partial charge is 0.481 e. The number of piperazine rings is 1. The van der Waals surface area contributed by atoms with Crippen molar-refractivity contribution in [1.82, 2.24) is 10.2 Å². The first-order valence-electron chi connectivity index (χ1n) is 12.9. The zero-order valence-electron chi connectivity index (χ0n) is 20.7. The molecule has 5 rings (SSSR count). The number of anilines is 2. The molecule has 3 aliphatic rings. The van der Waals surface area contributed by atoms with E-state index in [1.54, 1.807) is 18.2 Å². The predicted molar refractivity (Wildman–Crippen MR) is 141 cm³/mol. The Morgan fingerprint density at radius 3 is 2.35 bits per heavy atom. The van der Waals surface area contributed by atoms with Crippen LogP contribution in [0, 0.1) is 11.8 Å². The number of nitrogens with zero attached hydrogens (tertiary/aromatic N) is 2. The quantitative estimate of drug-likeness (QED) is 0.462. The molecule has 3 amide bonds. The van der Waals surface area contributed by atoms with Crippen molar-refractivity contribution in [3.8, 4) is 0 Å². The Balaban J connectivity index is 1.34. The summed E-state index contributed by atoms with van der Waals surface area (Å²) in [7, 11) is 0. The molecule has 1 aliphatic heterocycles. The number of carboxylic acids is 1. The van der Waals surface area contributed by atoms with Crippen molar-refractivity contribution < 1.29 is 24.3 Å². The second-order valence-electron chi connectivity index (χ2n) is 10.1. The molecule has 9 nitrogen and oxygen atoms in total. The van der Waals surface area contributed by atoms with Crippen LogP contribution in [-0.2, 0) is 14.4 Å². The van der Waals surface area contributed by atoms with E-state index < -0.39 is 17.9 Å². The van der Waals surface area contributed by atoms with Crippen LogP contribution in [0.3, 0.4) is 0 Å². The molecule has 2 saturated carbocycles. The number of nitrogens with one attached hydrogen (secondary N) is 2. The summed E-state index contributed by atoms with van der Waals surface area (Å²) in [5, 5.41) is 17.1. The van der Waals surface area contributed by atoms with Gasteiger partial charge < -0.3 is 25.5 Å². The lowest BCUT2D eigenvalue weighted by molar-refractivity contribution is -0.137. The summed E-state index contributed by atoms with van der Waals surface area (Å²) in [6, 6.07) is 8.20. The molecule has 0 bridgehead atoms. The average Bonchev–Trinajstić information content (AvgIpc) is 3.55. The number of carbonyl (C=O) groups is 4. The van der Waals surface area contributed by atoms with Crippen molar-refractivity contribution in [3.05, 3.63) is 46.2 Å². The van der Waals surface area contributed by atoms with Gasteiger partial charge in [0.05, 0.1) is 23.8 Å². The highest BCUT2D eigenvalue weighted by atomic mass is 32.1. The maximum atomic E-state index is 13.2. The maximum Gasteiger partial charge on any atom is 0.305 e. The van der Waals surface area contributed by atoms with Gasteiger partial charge >= 0.3 is 5.97 Å². The Bertz CT molecular complexity index is 1170. The first-order valence-corrected chi connectivity index (χ1v) is 13.8. The van der Waals surface area contributed by atoms with Gasteiger partial charge in [0.15, 0.2) is 0 Å². The fourth-order valence-corrected chi connectivity index (χ4v) is 5.62. The Kier molecular flexibility index (Phi) is 7.45. The zero-order valence-corrected chi connectivity index (χ0v) is 21.5. The van der Waals surface area contributed by atoms with Gasteiger partial charge in [-0.1, -0.05) is 12.5 Å². The summed E-state index contributed by atoms with van der Waals surface area (Å²) in [5.41, 5.74) is 1.74. The normalized spacial score (nSPS) is 18.6. The lowest BCUT2D eigenvalue weighted by Gasteiger charge is -2.37. The van der Waals surface area contributed by atoms with Crippen LogP contribution in [0.4, 0.5) is 11.4 Å². The van der Waals surface area contributed by atoms with Crippen LogP contribution in [0.1, 0.15) is 59.8 Å². The van der Waals surface area contributed by atoms with Gasteiger partial charge in [-0.2, -0.15) is 0 Å². The van der Waals surface area contributed by atoms with Crippen LogP contribution in [-0.4, -0.2) is 59.9 Å². The van der Waals surface area contributed by atoms with E-state index in [1.807, 2.05) is 22.4 Å². The zero-order chi connectivity index (χ0) is 25.9. The molecule has 3 fully saturated rings. The minimum absolute atomic E-state index is 0.0166. The maximum absolute atomic E-state index is 13.2. The van der Waals surface area contributed by atoms with Gasteiger partial charge in [0.2, 0.25) is 11.8 Å². The van der Waals surface area contributed by atoms with Crippen LogP contribution in [0.5, 0.6) is 0 Å². The number of benzene rings is 1. The molecule has 2 aromatic rings. The van der Waals surface area contributed by atoms with Crippen molar-refractivity contribution in [2.45, 2.75) is 44.6 Å². The van der Waals surface area contributed by atoms with Gasteiger partial charge in [-0.3, -0.25) is 19.2 Å². The highest BCUT2D eigenvalue weighted by molar-refractivity contribution is 7.10. The molecule has 3 N–H and O–H groups in total. The van der Waals surface area contributed by atoms with Crippen LogP contribution < -0.4 is 15.5 Å². The van der Waals surface area contributed by atoms with E-state index in [1.165, 1.54) is 11.3 Å². The van der Waals surface area contributed by atoms with Crippen molar-refractivity contribution in [3.63, 3.8) is 0 Å². The van der Waals surface area contributed by atoms with Gasteiger partial charge in [0, 0.05) is 48.5 Å². The number of rotatable bonds is 9. The van der Waals surface area contributed by atoms with Crippen LogP contribution in [0.25, 0.3) is 0 Å². The first kappa shape index (κ1) is 25.3. The van der Waals surface area contributed by atoms with Gasteiger partial charge in [-0.15, -0.1) is 11.3 Å². The van der Waals surface area contributed by atoms with Crippen LogP contribution >= 0.6 is 11.3 Å². The van der Waals surface area contributed by atoms with Gasteiger partial charge in [-0.25, -0.2) is 0 Å². The van der Waals surface area contributed by atoms with Gasteiger partial charge in [0.25, 0.3) is 5.91 Å². The van der Waals surface area contributed by atoms with Crippen molar-refractivity contribution in [1.29, 1.82) is 0 Å². The van der Waals surface area contributed by atoms with E-state index in [2.05, 4.69) is 15.5 Å². The van der Waals surface area contributed by atoms with E-state index in [0.717, 1.165) is 42.7 Å². The monoisotopic (exact) mass is 524 g/mol. The third-order valence-electron chi connectivity index (χ3n) is 7.42. The Labute approximate surface area is 219 Å².